The van der Waals surface area contributed by atoms with E-state index in [1.807, 2.05) is 0 Å². The first-order valence-corrected chi connectivity index (χ1v) is 13.9. The Morgan fingerprint density at radius 2 is 1.61 bits per heavy atom. The number of fused-ring (bicyclic) bond motifs is 3. The van der Waals surface area contributed by atoms with Gasteiger partial charge < -0.3 is 15.7 Å². The number of rotatable bonds is 6. The van der Waals surface area contributed by atoms with E-state index in [4.69, 9.17) is 0 Å². The number of nitrogens with one attached hydrogen (secondary N) is 2. The van der Waals surface area contributed by atoms with Gasteiger partial charge in [-0.3, -0.25) is 4.79 Å². The van der Waals surface area contributed by atoms with Gasteiger partial charge in [0.2, 0.25) is 5.91 Å². The van der Waals surface area contributed by atoms with E-state index in [9.17, 15) is 53.4 Å². The fourth-order valence-electron chi connectivity index (χ4n) is 5.76. The van der Waals surface area contributed by atoms with E-state index in [0.717, 1.165) is 24.3 Å². The highest BCUT2D eigenvalue weighted by atomic mass is 32.2. The van der Waals surface area contributed by atoms with Crippen molar-refractivity contribution in [3.05, 3.63) is 59.4 Å². The molecule has 1 aliphatic carbocycles. The summed E-state index contributed by atoms with van der Waals surface area (Å²) < 4.78 is 135. The minimum Gasteiger partial charge on any atom is -0.389 e. The Labute approximate surface area is 230 Å². The summed E-state index contributed by atoms with van der Waals surface area (Å²) in [4.78, 5) is 12.7. The van der Waals surface area contributed by atoms with Gasteiger partial charge in [0.1, 0.15) is 10.6 Å². The van der Waals surface area contributed by atoms with Crippen LogP contribution in [0.15, 0.2) is 47.4 Å². The Kier molecular flexibility index (Phi) is 7.42. The second kappa shape index (κ2) is 9.82. The molecule has 1 saturated carbocycles. The third-order valence-corrected chi connectivity index (χ3v) is 10.3. The van der Waals surface area contributed by atoms with Gasteiger partial charge in [0.05, 0.1) is 10.5 Å². The lowest BCUT2D eigenvalue weighted by Gasteiger charge is -2.43. The number of alkyl halides is 7. The summed E-state index contributed by atoms with van der Waals surface area (Å²) in [5, 5.41) is 15.1. The normalized spacial score (nSPS) is 23.4. The van der Waals surface area contributed by atoms with Gasteiger partial charge in [-0.05, 0) is 62.6 Å². The number of amides is 1. The van der Waals surface area contributed by atoms with Crippen LogP contribution >= 0.6 is 0 Å². The molecule has 2 aliphatic rings. The third kappa shape index (κ3) is 4.94. The lowest BCUT2D eigenvalue weighted by molar-refractivity contribution is -0.348. The zero-order chi connectivity index (χ0) is 30.8. The molecule has 3 N–H and O–H groups in total. The fraction of sp³-hybridized carbons (Fsp3) is 0.500. The van der Waals surface area contributed by atoms with Crippen LogP contribution in [0.5, 0.6) is 0 Å². The van der Waals surface area contributed by atoms with E-state index in [0.29, 0.717) is 6.07 Å². The topological polar surface area (TPSA) is 95.5 Å². The van der Waals surface area contributed by atoms with E-state index in [1.165, 1.54) is 13.8 Å². The van der Waals surface area contributed by atoms with Crippen LogP contribution in [0.4, 0.5) is 40.8 Å². The maximum absolute atomic E-state index is 14.9. The zero-order valence-electron chi connectivity index (χ0n) is 21.6. The molecular formula is C26H26F8N2O4S. The van der Waals surface area contributed by atoms with Crippen LogP contribution in [-0.4, -0.2) is 50.5 Å². The van der Waals surface area contributed by atoms with Gasteiger partial charge in [-0.25, -0.2) is 17.2 Å². The van der Waals surface area contributed by atoms with Crippen molar-refractivity contribution in [2.75, 3.05) is 18.4 Å². The molecule has 2 aromatic carbocycles. The SMILES string of the molecule is CC(C)(O)CNC(=O)[C@@H]1CC[C@@]2(S(=O)(=O)c3ccc(F)cc3)c3ccc(C(F)(C(F)(F)F)C(F)(F)F)cc3NC[C@@H]12. The molecule has 41 heavy (non-hydrogen) atoms. The third-order valence-electron chi connectivity index (χ3n) is 7.71. The Hall–Kier alpha value is -2.94. The number of halogens is 8. The Morgan fingerprint density at radius 3 is 2.15 bits per heavy atom. The molecule has 1 aliphatic heterocycles. The Bertz CT molecular complexity index is 1420. The average Bonchev–Trinajstić information content (AvgIpc) is 3.26. The molecule has 0 unspecified atom stereocenters. The first kappa shape index (κ1) is 31.0. The smallest absolute Gasteiger partial charge is 0.389 e. The lowest BCUT2D eigenvalue weighted by Crippen LogP contribution is -2.52. The summed E-state index contributed by atoms with van der Waals surface area (Å²) in [6.07, 6.45) is -13.1. The van der Waals surface area contributed by atoms with Gasteiger partial charge in [0, 0.05) is 36.2 Å². The number of carbonyl (C=O) groups excluding carboxylic acids is 1. The van der Waals surface area contributed by atoms with E-state index in [1.54, 1.807) is 0 Å². The van der Waals surface area contributed by atoms with Gasteiger partial charge in [-0.1, -0.05) is 12.1 Å². The van der Waals surface area contributed by atoms with Crippen molar-refractivity contribution in [3.63, 3.8) is 0 Å². The van der Waals surface area contributed by atoms with E-state index >= 15 is 0 Å². The van der Waals surface area contributed by atoms with Gasteiger partial charge in [-0.15, -0.1) is 0 Å². The number of hydrogen-bond donors (Lipinski definition) is 3. The molecule has 0 aromatic heterocycles. The van der Waals surface area contributed by atoms with Gasteiger partial charge in [0.15, 0.2) is 9.84 Å². The van der Waals surface area contributed by atoms with E-state index in [2.05, 4.69) is 10.6 Å². The second-order valence-electron chi connectivity index (χ2n) is 10.9. The first-order valence-electron chi connectivity index (χ1n) is 12.4. The molecule has 0 bridgehead atoms. The van der Waals surface area contributed by atoms with Crippen molar-refractivity contribution in [1.29, 1.82) is 0 Å². The number of hydrogen-bond acceptors (Lipinski definition) is 5. The number of aliphatic hydroxyl groups is 1. The highest BCUT2D eigenvalue weighted by Gasteiger charge is 2.74. The quantitative estimate of drug-likeness (QED) is 0.310. The van der Waals surface area contributed by atoms with Crippen LogP contribution in [-0.2, 0) is 25.0 Å². The van der Waals surface area contributed by atoms with Crippen LogP contribution in [0.1, 0.15) is 37.8 Å². The molecule has 6 nitrogen and oxygen atoms in total. The Morgan fingerprint density at radius 1 is 1.02 bits per heavy atom. The number of carbonyl (C=O) groups is 1. The molecule has 0 spiro atoms. The molecule has 1 fully saturated rings. The van der Waals surface area contributed by atoms with Crippen molar-refractivity contribution in [1.82, 2.24) is 5.32 Å². The molecule has 2 aromatic rings. The number of sulfone groups is 1. The van der Waals surface area contributed by atoms with Crippen molar-refractivity contribution in [2.45, 2.75) is 60.0 Å². The largest absolute Gasteiger partial charge is 0.435 e. The van der Waals surface area contributed by atoms with Gasteiger partial charge in [0.25, 0.3) is 0 Å². The molecule has 0 saturated heterocycles. The molecule has 0 radical (unpaired) electrons. The highest BCUT2D eigenvalue weighted by molar-refractivity contribution is 7.92. The summed E-state index contributed by atoms with van der Waals surface area (Å²) >= 11 is 0. The van der Waals surface area contributed by atoms with Crippen molar-refractivity contribution < 1.29 is 53.4 Å². The molecule has 1 amide bonds. The molecule has 4 rings (SSSR count). The zero-order valence-corrected chi connectivity index (χ0v) is 22.4. The predicted octanol–water partition coefficient (Wildman–Crippen LogP) is 5.12. The van der Waals surface area contributed by atoms with Gasteiger partial charge in [-0.2, -0.15) is 26.3 Å². The van der Waals surface area contributed by atoms with Crippen LogP contribution < -0.4 is 10.6 Å². The lowest BCUT2D eigenvalue weighted by atomic mass is 9.78. The molecular weight excluding hydrogens is 588 g/mol. The van der Waals surface area contributed by atoms with Crippen molar-refractivity contribution in [2.24, 2.45) is 11.8 Å². The van der Waals surface area contributed by atoms with Crippen LogP contribution in [0.25, 0.3) is 0 Å². The predicted molar refractivity (Wildman–Crippen MR) is 131 cm³/mol. The molecule has 15 heteroatoms. The molecule has 226 valence electrons. The van der Waals surface area contributed by atoms with Gasteiger partial charge >= 0.3 is 18.0 Å². The van der Waals surface area contributed by atoms with Crippen molar-refractivity contribution in [3.8, 4) is 0 Å². The average molecular weight is 615 g/mol. The standard InChI is InChI=1S/C26H26F8N2O4S/c1-22(2,38)13-36-21(37)17-9-10-23(41(39,40)16-6-4-15(27)5-7-16)18-8-3-14(11-20(18)35-12-19(17)23)24(28,25(29,30)31)26(32,33)34/h3-8,11,17,19,35,38H,9-10,12-13H2,1-2H3,(H,36,37)/t17-,19+,23-/m1/s1. The minimum absolute atomic E-state index is 0.0518. The number of benzene rings is 2. The monoisotopic (exact) mass is 614 g/mol. The summed E-state index contributed by atoms with van der Waals surface area (Å²) in [5.41, 5.74) is -9.57. The Balaban J connectivity index is 1.90. The summed E-state index contributed by atoms with van der Waals surface area (Å²) in [5.74, 6) is -3.47. The summed E-state index contributed by atoms with van der Waals surface area (Å²) in [6, 6.07) is 4.91. The summed E-state index contributed by atoms with van der Waals surface area (Å²) in [7, 11) is -4.58. The highest BCUT2D eigenvalue weighted by Crippen LogP contribution is 2.60. The van der Waals surface area contributed by atoms with Crippen molar-refractivity contribution >= 4 is 21.4 Å². The maximum Gasteiger partial charge on any atom is 0.435 e. The van der Waals surface area contributed by atoms with Crippen LogP contribution in [0.3, 0.4) is 0 Å². The number of anilines is 1. The van der Waals surface area contributed by atoms with E-state index in [-0.39, 0.29) is 48.5 Å². The maximum atomic E-state index is 14.9. The molecule has 1 heterocycles. The van der Waals surface area contributed by atoms with Crippen LogP contribution in [0, 0.1) is 17.7 Å². The van der Waals surface area contributed by atoms with Crippen LogP contribution in [0.2, 0.25) is 0 Å². The van der Waals surface area contributed by atoms with E-state index < -0.39 is 73.0 Å². The fourth-order valence-corrected chi connectivity index (χ4v) is 8.17. The molecule has 3 atom stereocenters. The first-order chi connectivity index (χ1) is 18.7. The minimum atomic E-state index is -6.38. The second-order valence-corrected chi connectivity index (χ2v) is 13.1. The summed E-state index contributed by atoms with van der Waals surface area (Å²) in [6.45, 7) is 2.28.